The van der Waals surface area contributed by atoms with E-state index in [-0.39, 0.29) is 6.61 Å². The number of benzene rings is 1. The number of aromatic amines is 1. The molecule has 1 aromatic heterocycles. The van der Waals surface area contributed by atoms with Crippen molar-refractivity contribution in [2.75, 3.05) is 6.61 Å². The van der Waals surface area contributed by atoms with Crippen LogP contribution >= 0.6 is 0 Å². The second-order valence-corrected chi connectivity index (χ2v) is 4.03. The molecule has 22 heavy (non-hydrogen) atoms. The summed E-state index contributed by atoms with van der Waals surface area (Å²) in [6.07, 6.45) is -5.04. The molecule has 0 unspecified atom stereocenters. The summed E-state index contributed by atoms with van der Waals surface area (Å²) in [5, 5.41) is 8.91. The minimum absolute atomic E-state index is 0.00497. The van der Waals surface area contributed by atoms with Gasteiger partial charge in [0.25, 0.3) is 0 Å². The minimum atomic E-state index is -5.04. The number of ether oxygens (including phenoxy) is 1. The summed E-state index contributed by atoms with van der Waals surface area (Å²) in [6.45, 7) is 1.50. The van der Waals surface area contributed by atoms with E-state index in [0.717, 1.165) is 0 Å². The molecular formula is C12H8F5N3O2. The summed E-state index contributed by atoms with van der Waals surface area (Å²) in [5.74, 6) is -4.83. The van der Waals surface area contributed by atoms with Gasteiger partial charge in [-0.25, -0.2) is 13.6 Å². The second kappa shape index (κ2) is 5.70. The Morgan fingerprint density at radius 3 is 2.50 bits per heavy atom. The fourth-order valence-electron chi connectivity index (χ4n) is 1.71. The maximum Gasteiger partial charge on any atom is 0.419 e. The predicted molar refractivity (Wildman–Crippen MR) is 62.7 cm³/mol. The lowest BCUT2D eigenvalue weighted by Gasteiger charge is -2.10. The molecule has 0 radical (unpaired) electrons. The SMILES string of the molecule is CCOC(=O)c1n[nH]nc1-c1ccc(C(F)(F)F)c(F)c1F. The zero-order valence-electron chi connectivity index (χ0n) is 11.0. The summed E-state index contributed by atoms with van der Waals surface area (Å²) < 4.78 is 69.6. The van der Waals surface area contributed by atoms with Crippen LogP contribution in [0.15, 0.2) is 12.1 Å². The summed E-state index contributed by atoms with van der Waals surface area (Å²) in [4.78, 5) is 11.6. The Labute approximate surface area is 120 Å². The van der Waals surface area contributed by atoms with Gasteiger partial charge in [0.1, 0.15) is 5.69 Å². The summed E-state index contributed by atoms with van der Waals surface area (Å²) in [6, 6.07) is 1.03. The van der Waals surface area contributed by atoms with E-state index in [1.165, 1.54) is 6.92 Å². The average Bonchev–Trinajstić information content (AvgIpc) is 2.89. The molecule has 1 aromatic carbocycles. The van der Waals surface area contributed by atoms with Gasteiger partial charge in [-0.2, -0.15) is 23.5 Å². The monoisotopic (exact) mass is 321 g/mol. The number of rotatable bonds is 3. The minimum Gasteiger partial charge on any atom is -0.461 e. The van der Waals surface area contributed by atoms with Crippen molar-refractivity contribution in [3.8, 4) is 11.3 Å². The molecule has 2 rings (SSSR count). The van der Waals surface area contributed by atoms with Crippen LogP contribution in [0.25, 0.3) is 11.3 Å². The smallest absolute Gasteiger partial charge is 0.419 e. The van der Waals surface area contributed by atoms with Gasteiger partial charge in [-0.15, -0.1) is 5.10 Å². The number of H-pyrrole nitrogens is 1. The first kappa shape index (κ1) is 15.9. The van der Waals surface area contributed by atoms with Crippen molar-refractivity contribution in [2.45, 2.75) is 13.1 Å². The highest BCUT2D eigenvalue weighted by Gasteiger charge is 2.36. The van der Waals surface area contributed by atoms with E-state index in [4.69, 9.17) is 0 Å². The molecule has 0 fully saturated rings. The highest BCUT2D eigenvalue weighted by Crippen LogP contribution is 2.35. The number of carbonyl (C=O) groups excluding carboxylic acids is 1. The Morgan fingerprint density at radius 2 is 1.91 bits per heavy atom. The zero-order chi connectivity index (χ0) is 16.5. The molecule has 0 spiro atoms. The van der Waals surface area contributed by atoms with Gasteiger partial charge in [0.05, 0.1) is 12.2 Å². The highest BCUT2D eigenvalue weighted by atomic mass is 19.4. The van der Waals surface area contributed by atoms with Crippen LogP contribution in [0.2, 0.25) is 0 Å². The molecule has 10 heteroatoms. The number of carbonyl (C=O) groups is 1. The van der Waals surface area contributed by atoms with E-state index < -0.39 is 46.3 Å². The molecule has 1 N–H and O–H groups in total. The fourth-order valence-corrected chi connectivity index (χ4v) is 1.71. The van der Waals surface area contributed by atoms with Crippen LogP contribution in [-0.4, -0.2) is 28.0 Å². The number of hydrogen-bond donors (Lipinski definition) is 1. The standard InChI is InChI=1S/C12H8F5N3O2/c1-2-22-11(21)10-9(18-20-19-10)5-3-4-6(12(15,16)17)8(14)7(5)13/h3-4H,2H2,1H3,(H,18,19,20). The summed E-state index contributed by atoms with van der Waals surface area (Å²) in [7, 11) is 0. The number of aromatic nitrogens is 3. The predicted octanol–water partition coefficient (Wildman–Crippen LogP) is 2.95. The molecule has 0 atom stereocenters. The summed E-state index contributed by atoms with van der Waals surface area (Å²) in [5.41, 5.74) is -3.29. The third-order valence-corrected chi connectivity index (χ3v) is 2.66. The Morgan fingerprint density at radius 1 is 1.23 bits per heavy atom. The first-order chi connectivity index (χ1) is 10.3. The van der Waals surface area contributed by atoms with E-state index in [9.17, 15) is 26.7 Å². The lowest BCUT2D eigenvalue weighted by molar-refractivity contribution is -0.140. The Kier molecular flexibility index (Phi) is 4.11. The highest BCUT2D eigenvalue weighted by molar-refractivity contribution is 5.93. The van der Waals surface area contributed by atoms with Crippen LogP contribution in [0.3, 0.4) is 0 Å². The van der Waals surface area contributed by atoms with Crippen molar-refractivity contribution in [3.63, 3.8) is 0 Å². The molecule has 0 amide bonds. The lowest BCUT2D eigenvalue weighted by atomic mass is 10.1. The van der Waals surface area contributed by atoms with Crippen LogP contribution in [0, 0.1) is 11.6 Å². The first-order valence-electron chi connectivity index (χ1n) is 5.90. The second-order valence-electron chi connectivity index (χ2n) is 4.03. The van der Waals surface area contributed by atoms with Gasteiger partial charge in [0, 0.05) is 5.56 Å². The molecule has 0 saturated carbocycles. The molecule has 0 aliphatic rings. The molecule has 118 valence electrons. The van der Waals surface area contributed by atoms with Gasteiger partial charge in [0.15, 0.2) is 17.3 Å². The molecule has 0 bridgehead atoms. The third kappa shape index (κ3) is 2.76. The number of esters is 1. The van der Waals surface area contributed by atoms with Gasteiger partial charge in [-0.1, -0.05) is 0 Å². The zero-order valence-corrected chi connectivity index (χ0v) is 11.0. The van der Waals surface area contributed by atoms with E-state index in [1.54, 1.807) is 0 Å². The van der Waals surface area contributed by atoms with Gasteiger partial charge in [-0.3, -0.25) is 0 Å². The molecule has 2 aromatic rings. The number of alkyl halides is 3. The van der Waals surface area contributed by atoms with E-state index in [2.05, 4.69) is 14.9 Å². The van der Waals surface area contributed by atoms with Crippen molar-refractivity contribution in [3.05, 3.63) is 35.0 Å². The quantitative estimate of drug-likeness (QED) is 0.697. The molecule has 0 aliphatic carbocycles. The molecular weight excluding hydrogens is 313 g/mol. The molecule has 5 nitrogen and oxygen atoms in total. The average molecular weight is 321 g/mol. The van der Waals surface area contributed by atoms with Crippen molar-refractivity contribution in [2.24, 2.45) is 0 Å². The number of nitrogens with zero attached hydrogens (tertiary/aromatic N) is 2. The maximum absolute atomic E-state index is 13.9. The number of halogens is 5. The normalized spacial score (nSPS) is 11.5. The van der Waals surface area contributed by atoms with Crippen molar-refractivity contribution in [1.29, 1.82) is 0 Å². The topological polar surface area (TPSA) is 67.9 Å². The largest absolute Gasteiger partial charge is 0.461 e. The Bertz CT molecular complexity index is 711. The molecule has 1 heterocycles. The van der Waals surface area contributed by atoms with Crippen LogP contribution in [0.4, 0.5) is 22.0 Å². The van der Waals surface area contributed by atoms with Crippen molar-refractivity contribution in [1.82, 2.24) is 15.4 Å². The van der Waals surface area contributed by atoms with Crippen LogP contribution < -0.4 is 0 Å². The maximum atomic E-state index is 13.9. The van der Waals surface area contributed by atoms with Crippen LogP contribution in [0.5, 0.6) is 0 Å². The van der Waals surface area contributed by atoms with Crippen LogP contribution in [0.1, 0.15) is 23.0 Å². The number of hydrogen-bond acceptors (Lipinski definition) is 4. The van der Waals surface area contributed by atoms with Gasteiger partial charge in [0.2, 0.25) is 0 Å². The fraction of sp³-hybridized carbons (Fsp3) is 0.250. The number of nitrogens with one attached hydrogen (secondary N) is 1. The van der Waals surface area contributed by atoms with Crippen molar-refractivity contribution < 1.29 is 31.5 Å². The lowest BCUT2D eigenvalue weighted by Crippen LogP contribution is -2.11. The first-order valence-corrected chi connectivity index (χ1v) is 5.90. The third-order valence-electron chi connectivity index (χ3n) is 2.66. The van der Waals surface area contributed by atoms with Gasteiger partial charge in [-0.05, 0) is 19.1 Å². The van der Waals surface area contributed by atoms with Gasteiger partial charge < -0.3 is 4.74 Å². The van der Waals surface area contributed by atoms with E-state index in [1.807, 2.05) is 5.21 Å². The molecule has 0 aliphatic heterocycles. The van der Waals surface area contributed by atoms with Crippen LogP contribution in [-0.2, 0) is 10.9 Å². The molecule has 0 saturated heterocycles. The Balaban J connectivity index is 2.54. The van der Waals surface area contributed by atoms with E-state index in [0.29, 0.717) is 12.1 Å². The Hall–Kier alpha value is -2.52. The van der Waals surface area contributed by atoms with Gasteiger partial charge >= 0.3 is 12.1 Å². The van der Waals surface area contributed by atoms with Crippen molar-refractivity contribution >= 4 is 5.97 Å². The summed E-state index contributed by atoms with van der Waals surface area (Å²) >= 11 is 0. The van der Waals surface area contributed by atoms with E-state index >= 15 is 0 Å².